The Morgan fingerprint density at radius 2 is 1.32 bits per heavy atom. The summed E-state index contributed by atoms with van der Waals surface area (Å²) >= 11 is 8.80. The number of carbonyl (C=O) groups excluding carboxylic acids is 1. The van der Waals surface area contributed by atoms with Crippen LogP contribution in [0.1, 0.15) is 10.4 Å². The van der Waals surface area contributed by atoms with Crippen molar-refractivity contribution in [2.24, 2.45) is 0 Å². The van der Waals surface area contributed by atoms with Crippen LogP contribution < -0.4 is 0 Å². The van der Waals surface area contributed by atoms with Crippen molar-refractivity contribution in [1.29, 1.82) is 0 Å². The number of benzene rings is 2. The minimum Gasteiger partial charge on any atom is -0.465 e. The first-order chi connectivity index (χ1) is 12.2. The van der Waals surface area contributed by atoms with Crippen LogP contribution in [0.25, 0.3) is 0 Å². The second kappa shape index (κ2) is 8.38. The number of aromatic nitrogens is 2. The first-order valence-corrected chi connectivity index (χ1v) is 9.30. The summed E-state index contributed by atoms with van der Waals surface area (Å²) in [5, 5.41) is 1.03. The van der Waals surface area contributed by atoms with E-state index in [1.54, 1.807) is 0 Å². The lowest BCUT2D eigenvalue weighted by Crippen LogP contribution is -2.09. The van der Waals surface area contributed by atoms with Crippen molar-refractivity contribution in [2.75, 3.05) is 7.11 Å². The molecule has 0 spiro atoms. The Hall–Kier alpha value is -2.02. The Balaban J connectivity index is 2.06. The molecule has 25 heavy (non-hydrogen) atoms. The van der Waals surface area contributed by atoms with Crippen molar-refractivity contribution in [3.63, 3.8) is 0 Å². The zero-order valence-electron chi connectivity index (χ0n) is 13.2. The quantitative estimate of drug-likeness (QED) is 0.339. The fourth-order valence-corrected chi connectivity index (χ4v) is 4.22. The van der Waals surface area contributed by atoms with Gasteiger partial charge in [-0.25, -0.2) is 14.8 Å². The summed E-state index contributed by atoms with van der Waals surface area (Å²) < 4.78 is 4.94. The lowest BCUT2D eigenvalue weighted by molar-refractivity contribution is 0.0590. The number of esters is 1. The van der Waals surface area contributed by atoms with Crippen LogP contribution in [0.5, 0.6) is 0 Å². The molecule has 1 heterocycles. The van der Waals surface area contributed by atoms with Gasteiger partial charge >= 0.3 is 5.97 Å². The van der Waals surface area contributed by atoms with Crippen molar-refractivity contribution in [2.45, 2.75) is 19.8 Å². The molecule has 3 aromatic rings. The van der Waals surface area contributed by atoms with E-state index in [2.05, 4.69) is 9.97 Å². The van der Waals surface area contributed by atoms with Crippen LogP contribution >= 0.6 is 35.1 Å². The summed E-state index contributed by atoms with van der Waals surface area (Å²) in [4.78, 5) is 22.7. The number of hydrogen-bond acceptors (Lipinski definition) is 6. The lowest BCUT2D eigenvalue weighted by Gasteiger charge is -2.11. The van der Waals surface area contributed by atoms with Crippen molar-refractivity contribution in [3.05, 3.63) is 71.5 Å². The van der Waals surface area contributed by atoms with Gasteiger partial charge in [-0.05, 0) is 35.9 Å². The minimum atomic E-state index is -0.492. The van der Waals surface area contributed by atoms with E-state index in [1.807, 2.05) is 60.7 Å². The Labute approximate surface area is 159 Å². The molecular formula is C18H13ClN2O2S2. The minimum absolute atomic E-state index is 0.0875. The highest BCUT2D eigenvalue weighted by Gasteiger charge is 2.23. The second-order valence-corrected chi connectivity index (χ2v) is 7.26. The van der Waals surface area contributed by atoms with E-state index in [1.165, 1.54) is 30.6 Å². The van der Waals surface area contributed by atoms with Crippen LogP contribution in [0.3, 0.4) is 0 Å². The lowest BCUT2D eigenvalue weighted by atomic mass is 10.3. The third-order valence-electron chi connectivity index (χ3n) is 3.12. The van der Waals surface area contributed by atoms with E-state index < -0.39 is 5.97 Å². The Morgan fingerprint density at radius 3 is 1.72 bits per heavy atom. The number of ether oxygens (including phenoxy) is 1. The monoisotopic (exact) mass is 388 g/mol. The number of rotatable bonds is 5. The highest BCUT2D eigenvalue weighted by atomic mass is 35.5. The van der Waals surface area contributed by atoms with Gasteiger partial charge in [-0.15, -0.1) is 0 Å². The van der Waals surface area contributed by atoms with E-state index in [0.29, 0.717) is 15.6 Å². The van der Waals surface area contributed by atoms with Crippen molar-refractivity contribution >= 4 is 41.1 Å². The molecule has 0 radical (unpaired) electrons. The van der Waals surface area contributed by atoms with Gasteiger partial charge in [0.15, 0.2) is 0 Å². The second-order valence-electron chi connectivity index (χ2n) is 4.80. The highest BCUT2D eigenvalue weighted by Crippen LogP contribution is 2.37. The largest absolute Gasteiger partial charge is 0.465 e. The van der Waals surface area contributed by atoms with Crippen molar-refractivity contribution < 1.29 is 9.53 Å². The van der Waals surface area contributed by atoms with E-state index >= 15 is 0 Å². The molecule has 0 bridgehead atoms. The summed E-state index contributed by atoms with van der Waals surface area (Å²) in [6.07, 6.45) is 0. The predicted molar refractivity (Wildman–Crippen MR) is 99.5 cm³/mol. The van der Waals surface area contributed by atoms with Gasteiger partial charge in [0.05, 0.1) is 7.11 Å². The van der Waals surface area contributed by atoms with Gasteiger partial charge in [0, 0.05) is 9.79 Å². The fourth-order valence-electron chi connectivity index (χ4n) is 2.02. The standard InChI is InChI=1S/C18H13ClN2O2S2/c1-23-17(22)14-15(24-12-8-4-2-5-9-12)20-18(19)21-16(14)25-13-10-6-3-7-11-13/h2-11H,1H3. The molecule has 3 rings (SSSR count). The SMILES string of the molecule is COC(=O)c1c(Sc2ccccc2)nc(Cl)nc1Sc1ccccc1. The molecule has 0 aliphatic rings. The van der Waals surface area contributed by atoms with E-state index in [-0.39, 0.29) is 5.28 Å². The Bertz CT molecular complexity index is 814. The molecule has 0 aliphatic carbocycles. The molecule has 0 saturated heterocycles. The molecule has 126 valence electrons. The third-order valence-corrected chi connectivity index (χ3v) is 5.28. The maximum atomic E-state index is 12.4. The maximum Gasteiger partial charge on any atom is 0.343 e. The van der Waals surface area contributed by atoms with Gasteiger partial charge in [-0.2, -0.15) is 0 Å². The first-order valence-electron chi connectivity index (χ1n) is 7.29. The summed E-state index contributed by atoms with van der Waals surface area (Å²) in [6, 6.07) is 19.3. The molecule has 7 heteroatoms. The number of hydrogen-bond donors (Lipinski definition) is 0. The van der Waals surface area contributed by atoms with Crippen LogP contribution in [0.2, 0.25) is 5.28 Å². The van der Waals surface area contributed by atoms with Crippen LogP contribution in [0.15, 0.2) is 80.5 Å². The topological polar surface area (TPSA) is 52.1 Å². The molecule has 0 aliphatic heterocycles. The van der Waals surface area contributed by atoms with Crippen molar-refractivity contribution in [3.8, 4) is 0 Å². The molecule has 0 amide bonds. The molecule has 0 atom stereocenters. The van der Waals surface area contributed by atoms with Gasteiger partial charge in [0.25, 0.3) is 0 Å². The zero-order valence-corrected chi connectivity index (χ0v) is 15.6. The maximum absolute atomic E-state index is 12.4. The van der Waals surface area contributed by atoms with Gasteiger partial charge in [0.2, 0.25) is 5.28 Å². The van der Waals surface area contributed by atoms with Crippen LogP contribution in [0.4, 0.5) is 0 Å². The van der Waals surface area contributed by atoms with E-state index in [4.69, 9.17) is 16.3 Å². The summed E-state index contributed by atoms with van der Waals surface area (Å²) in [6.45, 7) is 0. The highest BCUT2D eigenvalue weighted by molar-refractivity contribution is 8.00. The molecule has 0 N–H and O–H groups in total. The molecule has 0 saturated carbocycles. The first kappa shape index (κ1) is 17.8. The Morgan fingerprint density at radius 1 is 0.880 bits per heavy atom. The third kappa shape index (κ3) is 4.54. The fraction of sp³-hybridized carbons (Fsp3) is 0.0556. The Kier molecular flexibility index (Phi) is 5.96. The van der Waals surface area contributed by atoms with Gasteiger partial charge < -0.3 is 4.74 Å². The van der Waals surface area contributed by atoms with Gasteiger partial charge in [-0.3, -0.25) is 0 Å². The molecular weight excluding hydrogens is 376 g/mol. The predicted octanol–water partition coefficient (Wildman–Crippen LogP) is 5.22. The number of methoxy groups -OCH3 is 1. The summed E-state index contributed by atoms with van der Waals surface area (Å²) in [7, 11) is 1.34. The van der Waals surface area contributed by atoms with Gasteiger partial charge in [0.1, 0.15) is 15.6 Å². The molecule has 1 aromatic heterocycles. The number of nitrogens with zero attached hydrogens (tertiary/aromatic N) is 2. The van der Waals surface area contributed by atoms with Gasteiger partial charge in [-0.1, -0.05) is 59.9 Å². The van der Waals surface area contributed by atoms with E-state index in [0.717, 1.165) is 9.79 Å². The van der Waals surface area contributed by atoms with Crippen molar-refractivity contribution in [1.82, 2.24) is 9.97 Å². The number of halogens is 1. The molecule has 0 fully saturated rings. The normalized spacial score (nSPS) is 10.5. The average Bonchev–Trinajstić information content (AvgIpc) is 2.63. The molecule has 0 unspecified atom stereocenters. The zero-order chi connectivity index (χ0) is 17.6. The van der Waals surface area contributed by atoms with E-state index in [9.17, 15) is 4.79 Å². The molecule has 4 nitrogen and oxygen atoms in total. The smallest absolute Gasteiger partial charge is 0.343 e. The van der Waals surface area contributed by atoms with Crippen LogP contribution in [-0.4, -0.2) is 23.0 Å². The summed E-state index contributed by atoms with van der Waals surface area (Å²) in [5.74, 6) is -0.492. The molecule has 2 aromatic carbocycles. The average molecular weight is 389 g/mol. The van der Waals surface area contributed by atoms with Crippen LogP contribution in [-0.2, 0) is 4.74 Å². The van der Waals surface area contributed by atoms with Crippen LogP contribution in [0, 0.1) is 0 Å². The number of carbonyl (C=O) groups is 1. The summed E-state index contributed by atoms with van der Waals surface area (Å²) in [5.41, 5.74) is 0.314.